The number of thiophene rings is 1. The Kier molecular flexibility index (Phi) is 2.97. The molecule has 3 aromatic rings. The second-order valence-corrected chi connectivity index (χ2v) is 5.08. The van der Waals surface area contributed by atoms with E-state index in [4.69, 9.17) is 0 Å². The summed E-state index contributed by atoms with van der Waals surface area (Å²) in [6.07, 6.45) is 3.26. The molecule has 3 rings (SSSR count). The number of hydrogen-bond acceptors (Lipinski definition) is 4. The third-order valence-corrected chi connectivity index (χ3v) is 3.67. The molecule has 3 aromatic heterocycles. The van der Waals surface area contributed by atoms with E-state index in [1.807, 2.05) is 30.5 Å². The summed E-state index contributed by atoms with van der Waals surface area (Å²) in [6, 6.07) is 7.46. The van der Waals surface area contributed by atoms with Gasteiger partial charge in [0, 0.05) is 28.2 Å². The molecule has 0 aliphatic carbocycles. The third kappa shape index (κ3) is 2.32. The van der Waals surface area contributed by atoms with Crippen molar-refractivity contribution in [1.82, 2.24) is 9.97 Å². The molecule has 0 fully saturated rings. The van der Waals surface area contributed by atoms with Gasteiger partial charge in [-0.1, -0.05) is 0 Å². The highest BCUT2D eigenvalue weighted by atomic mass is 32.1. The number of hydrogen-bond donors (Lipinski definition) is 1. The average Bonchev–Trinajstić information content (AvgIpc) is 2.89. The predicted molar refractivity (Wildman–Crippen MR) is 76.5 cm³/mol. The first-order valence-electron chi connectivity index (χ1n) is 5.80. The molecule has 0 radical (unpaired) electrons. The highest BCUT2D eigenvalue weighted by molar-refractivity contribution is 7.17. The molecule has 0 aliphatic rings. The zero-order valence-electron chi connectivity index (χ0n) is 10.3. The van der Waals surface area contributed by atoms with Crippen LogP contribution in [-0.4, -0.2) is 15.9 Å². The Hall–Kier alpha value is -2.27. The van der Waals surface area contributed by atoms with Crippen LogP contribution in [0.15, 0.2) is 42.0 Å². The number of fused-ring (bicyclic) bond motifs is 1. The highest BCUT2D eigenvalue weighted by Crippen LogP contribution is 2.25. The minimum atomic E-state index is -0.196. The van der Waals surface area contributed by atoms with Crippen LogP contribution in [0.2, 0.25) is 0 Å². The average molecular weight is 269 g/mol. The van der Waals surface area contributed by atoms with Gasteiger partial charge in [-0.25, -0.2) is 4.98 Å². The van der Waals surface area contributed by atoms with Crippen LogP contribution < -0.4 is 5.32 Å². The normalized spacial score (nSPS) is 10.6. The van der Waals surface area contributed by atoms with Crippen molar-refractivity contribution in [3.63, 3.8) is 0 Å². The van der Waals surface area contributed by atoms with Crippen LogP contribution in [0.5, 0.6) is 0 Å². The largest absolute Gasteiger partial charge is 0.306 e. The zero-order valence-corrected chi connectivity index (χ0v) is 11.1. The molecule has 3 heterocycles. The number of carbonyl (C=O) groups excluding carboxylic acids is 1. The molecule has 4 nitrogen and oxygen atoms in total. The van der Waals surface area contributed by atoms with Crippen LogP contribution in [0.1, 0.15) is 16.1 Å². The molecule has 94 valence electrons. The molecule has 19 heavy (non-hydrogen) atoms. The van der Waals surface area contributed by atoms with E-state index in [2.05, 4.69) is 15.3 Å². The van der Waals surface area contributed by atoms with E-state index in [0.29, 0.717) is 11.4 Å². The number of pyridine rings is 2. The monoisotopic (exact) mass is 269 g/mol. The minimum absolute atomic E-state index is 0.196. The van der Waals surface area contributed by atoms with Crippen molar-refractivity contribution in [2.24, 2.45) is 0 Å². The van der Waals surface area contributed by atoms with Gasteiger partial charge in [0.1, 0.15) is 5.82 Å². The van der Waals surface area contributed by atoms with Gasteiger partial charge in [-0.3, -0.25) is 9.78 Å². The number of aryl methyl sites for hydroxylation is 1. The Labute approximate surface area is 114 Å². The van der Waals surface area contributed by atoms with Gasteiger partial charge >= 0.3 is 0 Å². The van der Waals surface area contributed by atoms with Crippen LogP contribution in [0.25, 0.3) is 10.1 Å². The molecule has 0 atom stereocenters. The molecule has 0 unspecified atom stereocenters. The Morgan fingerprint density at radius 1 is 1.21 bits per heavy atom. The number of carbonyl (C=O) groups is 1. The van der Waals surface area contributed by atoms with E-state index in [-0.39, 0.29) is 5.91 Å². The summed E-state index contributed by atoms with van der Waals surface area (Å²) >= 11 is 1.62. The van der Waals surface area contributed by atoms with E-state index < -0.39 is 0 Å². The molecule has 0 spiro atoms. The molecule has 1 N–H and O–H groups in total. The second kappa shape index (κ2) is 4.78. The smallest absolute Gasteiger partial charge is 0.258 e. The number of anilines is 1. The van der Waals surface area contributed by atoms with Crippen LogP contribution in [0, 0.1) is 6.92 Å². The second-order valence-electron chi connectivity index (χ2n) is 4.13. The lowest BCUT2D eigenvalue weighted by Crippen LogP contribution is -2.13. The van der Waals surface area contributed by atoms with E-state index in [0.717, 1.165) is 15.8 Å². The third-order valence-electron chi connectivity index (χ3n) is 2.79. The molecule has 5 heteroatoms. The summed E-state index contributed by atoms with van der Waals surface area (Å²) in [7, 11) is 0. The van der Waals surface area contributed by atoms with Crippen LogP contribution in [0.3, 0.4) is 0 Å². The fourth-order valence-corrected chi connectivity index (χ4v) is 2.56. The number of nitrogens with zero attached hydrogens (tertiary/aromatic N) is 2. The number of amides is 1. The fourth-order valence-electron chi connectivity index (χ4n) is 1.78. The van der Waals surface area contributed by atoms with Gasteiger partial charge in [0.05, 0.1) is 5.56 Å². The van der Waals surface area contributed by atoms with Crippen molar-refractivity contribution in [2.75, 3.05) is 5.32 Å². The first kappa shape index (κ1) is 11.8. The summed E-state index contributed by atoms with van der Waals surface area (Å²) in [4.78, 5) is 20.4. The van der Waals surface area contributed by atoms with E-state index in [9.17, 15) is 4.79 Å². The lowest BCUT2D eigenvalue weighted by Gasteiger charge is -2.05. The van der Waals surface area contributed by atoms with Gasteiger partial charge in [0.2, 0.25) is 0 Å². The highest BCUT2D eigenvalue weighted by Gasteiger charge is 2.10. The maximum atomic E-state index is 12.1. The maximum absolute atomic E-state index is 12.1. The van der Waals surface area contributed by atoms with Crippen molar-refractivity contribution in [3.8, 4) is 0 Å². The van der Waals surface area contributed by atoms with Crippen molar-refractivity contribution in [2.45, 2.75) is 6.92 Å². The lowest BCUT2D eigenvalue weighted by atomic mass is 10.2. The van der Waals surface area contributed by atoms with Crippen molar-refractivity contribution in [3.05, 3.63) is 53.3 Å². The minimum Gasteiger partial charge on any atom is -0.306 e. The lowest BCUT2D eigenvalue weighted by molar-refractivity contribution is 0.102. The van der Waals surface area contributed by atoms with Gasteiger partial charge < -0.3 is 5.32 Å². The predicted octanol–water partition coefficient (Wildman–Crippen LogP) is 3.25. The number of aromatic nitrogens is 2. The fraction of sp³-hybridized carbons (Fsp3) is 0.0714. The molecule has 0 saturated heterocycles. The van der Waals surface area contributed by atoms with E-state index >= 15 is 0 Å². The Morgan fingerprint density at radius 3 is 2.89 bits per heavy atom. The zero-order chi connectivity index (χ0) is 13.2. The molecule has 0 aliphatic heterocycles. The Morgan fingerprint density at radius 2 is 2.11 bits per heavy atom. The molecule has 0 bridgehead atoms. The number of rotatable bonds is 2. The summed E-state index contributed by atoms with van der Waals surface area (Å²) in [6.45, 7) is 1.88. The van der Waals surface area contributed by atoms with Gasteiger partial charge in [0.25, 0.3) is 5.91 Å². The first-order valence-corrected chi connectivity index (χ1v) is 6.68. The van der Waals surface area contributed by atoms with Crippen LogP contribution in [0.4, 0.5) is 5.82 Å². The summed E-state index contributed by atoms with van der Waals surface area (Å²) in [5.74, 6) is 0.392. The van der Waals surface area contributed by atoms with Crippen molar-refractivity contribution >= 4 is 33.1 Å². The maximum Gasteiger partial charge on any atom is 0.258 e. The van der Waals surface area contributed by atoms with Crippen molar-refractivity contribution in [1.29, 1.82) is 0 Å². The van der Waals surface area contributed by atoms with Gasteiger partial charge in [-0.05, 0) is 36.6 Å². The van der Waals surface area contributed by atoms with Crippen LogP contribution in [-0.2, 0) is 0 Å². The molecule has 0 saturated carbocycles. The quantitative estimate of drug-likeness (QED) is 0.777. The SMILES string of the molecule is Cc1ccc(C(=O)Nc2nccc3sccc23)cn1. The molecular weight excluding hydrogens is 258 g/mol. The Bertz CT molecular complexity index is 734. The standard InChI is InChI=1S/C14H11N3OS/c1-9-2-3-10(8-16-9)14(18)17-13-11-5-7-19-12(11)4-6-15-13/h2-8H,1H3,(H,15,17,18). The van der Waals surface area contributed by atoms with Gasteiger partial charge in [-0.15, -0.1) is 11.3 Å². The van der Waals surface area contributed by atoms with E-state index in [1.165, 1.54) is 0 Å². The van der Waals surface area contributed by atoms with Crippen LogP contribution >= 0.6 is 11.3 Å². The number of nitrogens with one attached hydrogen (secondary N) is 1. The molecule has 1 amide bonds. The molecule has 0 aromatic carbocycles. The first-order chi connectivity index (χ1) is 9.24. The summed E-state index contributed by atoms with van der Waals surface area (Å²) < 4.78 is 1.10. The Balaban J connectivity index is 1.90. The van der Waals surface area contributed by atoms with Gasteiger partial charge in [0.15, 0.2) is 0 Å². The van der Waals surface area contributed by atoms with Crippen molar-refractivity contribution < 1.29 is 4.79 Å². The molecular formula is C14H11N3OS. The summed E-state index contributed by atoms with van der Waals surface area (Å²) in [5, 5.41) is 5.76. The van der Waals surface area contributed by atoms with E-state index in [1.54, 1.807) is 29.8 Å². The summed E-state index contributed by atoms with van der Waals surface area (Å²) in [5.41, 5.74) is 1.41. The topological polar surface area (TPSA) is 54.9 Å². The van der Waals surface area contributed by atoms with Gasteiger partial charge in [-0.2, -0.15) is 0 Å².